The van der Waals surface area contributed by atoms with Gasteiger partial charge in [0.2, 0.25) is 5.95 Å². The summed E-state index contributed by atoms with van der Waals surface area (Å²) in [6.45, 7) is 6.12. The van der Waals surface area contributed by atoms with Gasteiger partial charge in [-0.2, -0.15) is 18.2 Å². The number of hydrogen-bond acceptors (Lipinski definition) is 5. The van der Waals surface area contributed by atoms with Gasteiger partial charge in [0.15, 0.2) is 0 Å². The second-order valence-electron chi connectivity index (χ2n) is 8.28. The third-order valence-corrected chi connectivity index (χ3v) is 5.17. The molecule has 0 aliphatic heterocycles. The van der Waals surface area contributed by atoms with Crippen LogP contribution >= 0.6 is 0 Å². The summed E-state index contributed by atoms with van der Waals surface area (Å²) >= 11 is 0. The van der Waals surface area contributed by atoms with Gasteiger partial charge in [-0.15, -0.1) is 0 Å². The number of aromatic nitrogens is 2. The molecule has 0 aliphatic rings. The molecule has 0 radical (unpaired) electrons. The number of alkyl halides is 3. The Morgan fingerprint density at radius 2 is 1.69 bits per heavy atom. The smallest absolute Gasteiger partial charge is 0.352 e. The summed E-state index contributed by atoms with van der Waals surface area (Å²) in [6, 6.07) is 11.0. The highest BCUT2D eigenvalue weighted by Gasteiger charge is 2.30. The fraction of sp³-hybridized carbons (Fsp3) is 0.320. The molecule has 1 heterocycles. The number of carbonyl (C=O) groups excluding carboxylic acids is 1. The first-order valence-corrected chi connectivity index (χ1v) is 11.4. The largest absolute Gasteiger partial charge is 0.416 e. The monoisotopic (exact) mass is 486 g/mol. The average molecular weight is 487 g/mol. The van der Waals surface area contributed by atoms with E-state index in [9.17, 15) is 18.0 Å². The van der Waals surface area contributed by atoms with E-state index in [0.717, 1.165) is 37.0 Å². The van der Waals surface area contributed by atoms with E-state index in [1.807, 2.05) is 13.0 Å². The molecule has 3 aromatic rings. The number of rotatable bonds is 9. The first-order chi connectivity index (χ1) is 16.6. The van der Waals surface area contributed by atoms with E-state index in [1.165, 1.54) is 12.1 Å². The van der Waals surface area contributed by atoms with E-state index in [2.05, 4.69) is 45.1 Å². The lowest BCUT2D eigenvalue weighted by Crippen LogP contribution is -2.20. The number of anilines is 5. The van der Waals surface area contributed by atoms with Crippen LogP contribution < -0.4 is 21.3 Å². The molecule has 0 aliphatic carbocycles. The van der Waals surface area contributed by atoms with E-state index < -0.39 is 17.8 Å². The molecule has 10 heteroatoms. The van der Waals surface area contributed by atoms with Gasteiger partial charge in [0.1, 0.15) is 5.82 Å². The zero-order valence-electron chi connectivity index (χ0n) is 19.8. The Kier molecular flexibility index (Phi) is 8.51. The molecule has 1 unspecified atom stereocenters. The summed E-state index contributed by atoms with van der Waals surface area (Å²) in [6.07, 6.45) is 0.500. The minimum Gasteiger partial charge on any atom is -0.352 e. The van der Waals surface area contributed by atoms with Crippen LogP contribution in [0.4, 0.5) is 46.8 Å². The summed E-state index contributed by atoms with van der Waals surface area (Å²) in [7, 11) is 0. The Labute approximate surface area is 202 Å². The first-order valence-electron chi connectivity index (χ1n) is 11.4. The van der Waals surface area contributed by atoms with Gasteiger partial charge in [0.25, 0.3) is 0 Å². The van der Waals surface area contributed by atoms with Crippen molar-refractivity contribution in [1.29, 1.82) is 0 Å². The Bertz CT molecular complexity index is 1150. The van der Waals surface area contributed by atoms with Crippen molar-refractivity contribution in [2.24, 2.45) is 0 Å². The predicted molar refractivity (Wildman–Crippen MR) is 133 cm³/mol. The fourth-order valence-electron chi connectivity index (χ4n) is 3.32. The fourth-order valence-corrected chi connectivity index (χ4v) is 3.32. The second kappa shape index (κ2) is 11.5. The van der Waals surface area contributed by atoms with Crippen molar-refractivity contribution in [1.82, 2.24) is 9.97 Å². The van der Waals surface area contributed by atoms with Crippen molar-refractivity contribution in [3.05, 3.63) is 65.9 Å². The molecule has 35 heavy (non-hydrogen) atoms. The van der Waals surface area contributed by atoms with Gasteiger partial charge in [-0.05, 0) is 56.7 Å². The van der Waals surface area contributed by atoms with E-state index in [0.29, 0.717) is 23.1 Å². The van der Waals surface area contributed by atoms with Crippen molar-refractivity contribution in [2.45, 2.75) is 52.3 Å². The van der Waals surface area contributed by atoms with Gasteiger partial charge in [-0.1, -0.05) is 31.9 Å². The van der Waals surface area contributed by atoms with Crippen molar-refractivity contribution in [3.63, 3.8) is 0 Å². The maximum atomic E-state index is 12.9. The van der Waals surface area contributed by atoms with Crippen LogP contribution in [0.15, 0.2) is 54.7 Å². The number of urea groups is 1. The molecule has 0 bridgehead atoms. The number of amides is 2. The Balaban J connectivity index is 1.65. The molecule has 1 atom stereocenters. The zero-order valence-corrected chi connectivity index (χ0v) is 19.8. The lowest BCUT2D eigenvalue weighted by Gasteiger charge is -2.15. The van der Waals surface area contributed by atoms with Crippen LogP contribution in [0, 0.1) is 6.92 Å². The summed E-state index contributed by atoms with van der Waals surface area (Å²) < 4.78 is 38.7. The number of halogens is 3. The average Bonchev–Trinajstić information content (AvgIpc) is 2.79. The van der Waals surface area contributed by atoms with Crippen LogP contribution in [0.5, 0.6) is 0 Å². The first kappa shape index (κ1) is 25.8. The Morgan fingerprint density at radius 3 is 2.37 bits per heavy atom. The van der Waals surface area contributed by atoms with E-state index in [4.69, 9.17) is 0 Å². The molecule has 2 amide bonds. The van der Waals surface area contributed by atoms with E-state index >= 15 is 0 Å². The van der Waals surface area contributed by atoms with Gasteiger partial charge in [0.05, 0.1) is 5.56 Å². The van der Waals surface area contributed by atoms with Crippen molar-refractivity contribution in [2.75, 3.05) is 21.3 Å². The topological polar surface area (TPSA) is 91.0 Å². The number of nitrogens with one attached hydrogen (secondary N) is 4. The van der Waals surface area contributed by atoms with Gasteiger partial charge in [-0.3, -0.25) is 0 Å². The summed E-state index contributed by atoms with van der Waals surface area (Å²) in [5.41, 5.74) is 1.18. The van der Waals surface area contributed by atoms with Crippen molar-refractivity contribution >= 4 is 34.9 Å². The molecular formula is C25H29F3N6O. The van der Waals surface area contributed by atoms with Crippen LogP contribution in [0.3, 0.4) is 0 Å². The number of unbranched alkanes of at least 4 members (excludes halogenated alkanes) is 1. The minimum atomic E-state index is -4.49. The molecule has 186 valence electrons. The molecule has 0 spiro atoms. The molecule has 4 N–H and O–H groups in total. The van der Waals surface area contributed by atoms with Crippen molar-refractivity contribution in [3.8, 4) is 0 Å². The zero-order chi connectivity index (χ0) is 25.4. The third kappa shape index (κ3) is 7.87. The maximum absolute atomic E-state index is 12.9. The quantitative estimate of drug-likeness (QED) is 0.257. The van der Waals surface area contributed by atoms with Crippen LogP contribution in [0.25, 0.3) is 0 Å². The highest BCUT2D eigenvalue weighted by molar-refractivity contribution is 6.00. The summed E-state index contributed by atoms with van der Waals surface area (Å²) in [5.74, 6) is 1.15. The number of nitrogens with zero attached hydrogens (tertiary/aromatic N) is 2. The molecule has 3 rings (SSSR count). The lowest BCUT2D eigenvalue weighted by atomic mass is 10.1. The van der Waals surface area contributed by atoms with E-state index in [-0.39, 0.29) is 11.7 Å². The van der Waals surface area contributed by atoms with Gasteiger partial charge in [0, 0.05) is 34.9 Å². The highest BCUT2D eigenvalue weighted by atomic mass is 19.4. The minimum absolute atomic E-state index is 0.0383. The number of hydrogen-bond donors (Lipinski definition) is 4. The second-order valence-corrected chi connectivity index (χ2v) is 8.28. The van der Waals surface area contributed by atoms with Crippen LogP contribution in [0.1, 0.15) is 44.2 Å². The van der Waals surface area contributed by atoms with Crippen LogP contribution in [-0.4, -0.2) is 22.0 Å². The molecule has 7 nitrogen and oxygen atoms in total. The normalized spacial score (nSPS) is 12.1. The molecule has 1 aromatic heterocycles. The Morgan fingerprint density at radius 1 is 1.03 bits per heavy atom. The molecule has 0 fully saturated rings. The number of carbonyl (C=O) groups is 1. The Hall–Kier alpha value is -3.82. The van der Waals surface area contributed by atoms with Crippen LogP contribution in [0.2, 0.25) is 0 Å². The van der Waals surface area contributed by atoms with Crippen molar-refractivity contribution < 1.29 is 18.0 Å². The van der Waals surface area contributed by atoms with Gasteiger partial charge >= 0.3 is 12.2 Å². The van der Waals surface area contributed by atoms with E-state index in [1.54, 1.807) is 24.4 Å². The molecule has 2 aromatic carbocycles. The molecule has 0 saturated carbocycles. The van der Waals surface area contributed by atoms with Gasteiger partial charge in [-0.25, -0.2) is 9.78 Å². The summed E-state index contributed by atoms with van der Waals surface area (Å²) in [4.78, 5) is 21.3. The molecular weight excluding hydrogens is 457 g/mol. The van der Waals surface area contributed by atoms with Gasteiger partial charge < -0.3 is 21.3 Å². The maximum Gasteiger partial charge on any atom is 0.416 e. The SMILES string of the molecule is CCCCC(C)Nc1ncc(C)c(Nc2cccc(NC(=O)Nc3cccc(C(F)(F)F)c3)c2)n1. The standard InChI is InChI=1S/C25H29F3N6O/c1-4-5-8-17(3)30-23-29-15-16(2)22(34-23)31-20-11-7-12-21(14-20)33-24(35)32-19-10-6-9-18(13-19)25(26,27)28/h6-7,9-15,17H,4-5,8H2,1-3H3,(H2,32,33,35)(H2,29,30,31,34). The predicted octanol–water partition coefficient (Wildman–Crippen LogP) is 7.18. The van der Waals surface area contributed by atoms with Crippen LogP contribution in [-0.2, 0) is 6.18 Å². The highest BCUT2D eigenvalue weighted by Crippen LogP contribution is 2.30. The number of aryl methyl sites for hydroxylation is 1. The molecule has 0 saturated heterocycles. The number of benzene rings is 2. The third-order valence-electron chi connectivity index (χ3n) is 5.17. The lowest BCUT2D eigenvalue weighted by molar-refractivity contribution is -0.137. The summed E-state index contributed by atoms with van der Waals surface area (Å²) in [5, 5.41) is 11.6.